The average Bonchev–Trinajstić information content (AvgIpc) is 2.59. The molecule has 0 fully saturated rings. The van der Waals surface area contributed by atoms with Crippen molar-refractivity contribution < 1.29 is 9.53 Å². The third-order valence-corrected chi connectivity index (χ3v) is 3.30. The number of unbranched alkanes of at least 4 members (excludes halogenated alkanes) is 2. The number of carbonyl (C=O) groups excluding carboxylic acids is 1. The van der Waals surface area contributed by atoms with Gasteiger partial charge in [0.05, 0.1) is 12.7 Å². The lowest BCUT2D eigenvalue weighted by Gasteiger charge is -2.08. The molecule has 0 amide bonds. The van der Waals surface area contributed by atoms with Crippen molar-refractivity contribution in [2.24, 2.45) is 0 Å². The van der Waals surface area contributed by atoms with Crippen molar-refractivity contribution in [2.45, 2.75) is 26.2 Å². The zero-order chi connectivity index (χ0) is 16.5. The summed E-state index contributed by atoms with van der Waals surface area (Å²) in [5.41, 5.74) is 1.35. The lowest BCUT2D eigenvalue weighted by molar-refractivity contribution is 0.0601. The minimum atomic E-state index is -0.350. The van der Waals surface area contributed by atoms with Gasteiger partial charge in [0, 0.05) is 18.4 Å². The van der Waals surface area contributed by atoms with E-state index in [1.165, 1.54) is 20.0 Å². The first-order valence-corrected chi connectivity index (χ1v) is 7.75. The molecule has 2 N–H and O–H groups in total. The van der Waals surface area contributed by atoms with Crippen LogP contribution in [0.25, 0.3) is 0 Å². The van der Waals surface area contributed by atoms with E-state index in [0.29, 0.717) is 17.3 Å². The van der Waals surface area contributed by atoms with Crippen molar-refractivity contribution in [3.63, 3.8) is 0 Å². The minimum absolute atomic E-state index is 0.350. The topological polar surface area (TPSA) is 76.1 Å². The molecule has 0 spiro atoms. The molecule has 0 saturated carbocycles. The van der Waals surface area contributed by atoms with Crippen molar-refractivity contribution in [3.8, 4) is 0 Å². The molecule has 0 atom stereocenters. The van der Waals surface area contributed by atoms with Crippen LogP contribution >= 0.6 is 0 Å². The molecule has 122 valence electrons. The highest BCUT2D eigenvalue weighted by Gasteiger charge is 2.05. The Morgan fingerprint density at radius 1 is 1.17 bits per heavy atom. The van der Waals surface area contributed by atoms with Crippen LogP contribution in [0.15, 0.2) is 36.5 Å². The second-order valence-electron chi connectivity index (χ2n) is 5.09. The summed E-state index contributed by atoms with van der Waals surface area (Å²) < 4.78 is 4.68. The van der Waals surface area contributed by atoms with E-state index in [-0.39, 0.29) is 5.97 Å². The summed E-state index contributed by atoms with van der Waals surface area (Å²) in [6, 6.07) is 8.83. The van der Waals surface area contributed by atoms with Gasteiger partial charge in [-0.15, -0.1) is 0 Å². The predicted octanol–water partition coefficient (Wildman–Crippen LogP) is 3.61. The van der Waals surface area contributed by atoms with Gasteiger partial charge >= 0.3 is 5.97 Å². The third kappa shape index (κ3) is 5.25. The summed E-state index contributed by atoms with van der Waals surface area (Å²) in [7, 11) is 1.37. The fourth-order valence-corrected chi connectivity index (χ4v) is 2.04. The SMILES string of the molecule is CCCCCNc1nccc(Nc2ccc(C(=O)OC)cc2)n1. The first kappa shape index (κ1) is 16.7. The molecule has 23 heavy (non-hydrogen) atoms. The Morgan fingerprint density at radius 3 is 2.65 bits per heavy atom. The first-order chi connectivity index (χ1) is 11.2. The summed E-state index contributed by atoms with van der Waals surface area (Å²) in [5, 5.41) is 6.40. The van der Waals surface area contributed by atoms with Crippen molar-refractivity contribution >= 4 is 23.4 Å². The molecule has 0 saturated heterocycles. The second-order valence-corrected chi connectivity index (χ2v) is 5.09. The maximum Gasteiger partial charge on any atom is 0.337 e. The molecule has 2 rings (SSSR count). The summed E-state index contributed by atoms with van der Waals surface area (Å²) in [6.07, 6.45) is 5.19. The number of nitrogens with zero attached hydrogens (tertiary/aromatic N) is 2. The van der Waals surface area contributed by atoms with E-state index in [4.69, 9.17) is 0 Å². The Labute approximate surface area is 136 Å². The summed E-state index contributed by atoms with van der Waals surface area (Å²) >= 11 is 0. The maximum absolute atomic E-state index is 11.4. The number of carbonyl (C=O) groups is 1. The Balaban J connectivity index is 1.95. The number of hydrogen-bond donors (Lipinski definition) is 2. The van der Waals surface area contributed by atoms with E-state index in [1.54, 1.807) is 24.4 Å². The van der Waals surface area contributed by atoms with Crippen LogP contribution < -0.4 is 10.6 Å². The molecular formula is C17H22N4O2. The van der Waals surface area contributed by atoms with Gasteiger partial charge in [0.15, 0.2) is 0 Å². The molecule has 0 bridgehead atoms. The highest BCUT2D eigenvalue weighted by atomic mass is 16.5. The second kappa shape index (κ2) is 8.73. The Bertz CT molecular complexity index is 629. The van der Waals surface area contributed by atoms with Crippen LogP contribution in [0, 0.1) is 0 Å². The van der Waals surface area contributed by atoms with Crippen LogP contribution in [-0.2, 0) is 4.74 Å². The molecule has 1 aromatic heterocycles. The molecule has 0 aliphatic carbocycles. The van der Waals surface area contributed by atoms with Crippen LogP contribution in [0.4, 0.5) is 17.5 Å². The van der Waals surface area contributed by atoms with Crippen molar-refractivity contribution in [1.82, 2.24) is 9.97 Å². The lowest BCUT2D eigenvalue weighted by Crippen LogP contribution is -2.06. The minimum Gasteiger partial charge on any atom is -0.465 e. The maximum atomic E-state index is 11.4. The zero-order valence-corrected chi connectivity index (χ0v) is 13.5. The van der Waals surface area contributed by atoms with Gasteiger partial charge in [-0.1, -0.05) is 19.8 Å². The van der Waals surface area contributed by atoms with Gasteiger partial charge in [0.2, 0.25) is 5.95 Å². The van der Waals surface area contributed by atoms with Crippen LogP contribution in [0.1, 0.15) is 36.5 Å². The van der Waals surface area contributed by atoms with Gasteiger partial charge in [-0.25, -0.2) is 9.78 Å². The quantitative estimate of drug-likeness (QED) is 0.572. The van der Waals surface area contributed by atoms with Crippen LogP contribution in [-0.4, -0.2) is 29.6 Å². The first-order valence-electron chi connectivity index (χ1n) is 7.75. The number of ether oxygens (including phenoxy) is 1. The van der Waals surface area contributed by atoms with Crippen LogP contribution in [0.2, 0.25) is 0 Å². The molecule has 0 radical (unpaired) electrons. The Hall–Kier alpha value is -2.63. The number of methoxy groups -OCH3 is 1. The number of benzene rings is 1. The van der Waals surface area contributed by atoms with Gasteiger partial charge in [-0.3, -0.25) is 0 Å². The molecule has 6 nitrogen and oxygen atoms in total. The smallest absolute Gasteiger partial charge is 0.337 e. The van der Waals surface area contributed by atoms with E-state index in [9.17, 15) is 4.79 Å². The third-order valence-electron chi connectivity index (χ3n) is 3.30. The van der Waals surface area contributed by atoms with Crippen molar-refractivity contribution in [1.29, 1.82) is 0 Å². The normalized spacial score (nSPS) is 10.2. The number of anilines is 3. The largest absolute Gasteiger partial charge is 0.465 e. The molecule has 2 aromatic rings. The highest BCUT2D eigenvalue weighted by molar-refractivity contribution is 5.89. The number of hydrogen-bond acceptors (Lipinski definition) is 6. The fraction of sp³-hybridized carbons (Fsp3) is 0.353. The standard InChI is InChI=1S/C17H22N4O2/c1-3-4-5-11-18-17-19-12-10-15(21-17)20-14-8-6-13(7-9-14)16(22)23-2/h6-10,12H,3-5,11H2,1-2H3,(H2,18,19,20,21). The van der Waals surface area contributed by atoms with Crippen LogP contribution in [0.3, 0.4) is 0 Å². The van der Waals surface area contributed by atoms with Crippen molar-refractivity contribution in [2.75, 3.05) is 24.3 Å². The Morgan fingerprint density at radius 2 is 1.96 bits per heavy atom. The summed E-state index contributed by atoms with van der Waals surface area (Å²) in [4.78, 5) is 20.0. The molecule has 1 aromatic carbocycles. The number of aromatic nitrogens is 2. The van der Waals surface area contributed by atoms with E-state index in [1.807, 2.05) is 12.1 Å². The van der Waals surface area contributed by atoms with Gasteiger partial charge in [0.1, 0.15) is 5.82 Å². The summed E-state index contributed by atoms with van der Waals surface area (Å²) in [5.74, 6) is 0.957. The summed E-state index contributed by atoms with van der Waals surface area (Å²) in [6.45, 7) is 3.04. The molecule has 0 aliphatic heterocycles. The van der Waals surface area contributed by atoms with Crippen molar-refractivity contribution in [3.05, 3.63) is 42.1 Å². The van der Waals surface area contributed by atoms with E-state index in [0.717, 1.165) is 18.7 Å². The number of rotatable bonds is 8. The van der Waals surface area contributed by atoms with Gasteiger partial charge in [0.25, 0.3) is 0 Å². The lowest BCUT2D eigenvalue weighted by atomic mass is 10.2. The van der Waals surface area contributed by atoms with E-state index in [2.05, 4.69) is 32.3 Å². The predicted molar refractivity (Wildman–Crippen MR) is 91.1 cm³/mol. The molecule has 0 aliphatic rings. The van der Waals surface area contributed by atoms with E-state index >= 15 is 0 Å². The monoisotopic (exact) mass is 314 g/mol. The van der Waals surface area contributed by atoms with E-state index < -0.39 is 0 Å². The number of nitrogens with one attached hydrogen (secondary N) is 2. The fourth-order valence-electron chi connectivity index (χ4n) is 2.04. The number of esters is 1. The van der Waals surface area contributed by atoms with Gasteiger partial charge < -0.3 is 15.4 Å². The van der Waals surface area contributed by atoms with Crippen LogP contribution in [0.5, 0.6) is 0 Å². The average molecular weight is 314 g/mol. The molecular weight excluding hydrogens is 292 g/mol. The van der Waals surface area contributed by atoms with Gasteiger partial charge in [-0.05, 0) is 36.8 Å². The Kier molecular flexibility index (Phi) is 6.35. The molecule has 1 heterocycles. The zero-order valence-electron chi connectivity index (χ0n) is 13.5. The molecule has 0 unspecified atom stereocenters. The molecule has 6 heteroatoms. The van der Waals surface area contributed by atoms with Gasteiger partial charge in [-0.2, -0.15) is 4.98 Å². The highest BCUT2D eigenvalue weighted by Crippen LogP contribution is 2.16.